The molecule has 0 bridgehead atoms. The van der Waals surface area contributed by atoms with Gasteiger partial charge in [0.15, 0.2) is 6.29 Å². The average Bonchev–Trinajstić information content (AvgIpc) is 3.29. The third-order valence-electron chi connectivity index (χ3n) is 3.07. The zero-order valence-corrected chi connectivity index (χ0v) is 11.4. The van der Waals surface area contributed by atoms with Crippen LogP contribution in [0.2, 0.25) is 0 Å². The predicted octanol–water partition coefficient (Wildman–Crippen LogP) is 1.54. The summed E-state index contributed by atoms with van der Waals surface area (Å²) in [6.45, 7) is 1.17. The van der Waals surface area contributed by atoms with Gasteiger partial charge in [0, 0.05) is 6.61 Å². The van der Waals surface area contributed by atoms with Gasteiger partial charge in [-0.1, -0.05) is 0 Å². The van der Waals surface area contributed by atoms with E-state index < -0.39 is 5.97 Å². The van der Waals surface area contributed by atoms with Crippen molar-refractivity contribution in [2.45, 2.75) is 38.4 Å². The molecule has 1 atom stereocenters. The average molecular weight is 284 g/mol. The Morgan fingerprint density at radius 2 is 2.00 bits per heavy atom. The summed E-state index contributed by atoms with van der Waals surface area (Å²) in [6.07, 6.45) is 6.78. The van der Waals surface area contributed by atoms with E-state index in [0.717, 1.165) is 51.0 Å². The van der Waals surface area contributed by atoms with Crippen molar-refractivity contribution in [1.29, 1.82) is 0 Å². The van der Waals surface area contributed by atoms with E-state index >= 15 is 0 Å². The van der Waals surface area contributed by atoms with Crippen molar-refractivity contribution in [1.82, 2.24) is 0 Å². The molecule has 112 valence electrons. The SMILES string of the molecule is O=C(/C=C\OC(=O)C1CC1)OCCOC1CCCCO1. The number of rotatable bonds is 7. The van der Waals surface area contributed by atoms with Crippen LogP contribution in [0.5, 0.6) is 0 Å². The van der Waals surface area contributed by atoms with Crippen molar-refractivity contribution in [3.8, 4) is 0 Å². The zero-order valence-electron chi connectivity index (χ0n) is 11.4. The van der Waals surface area contributed by atoms with Crippen molar-refractivity contribution in [3.05, 3.63) is 12.3 Å². The van der Waals surface area contributed by atoms with Crippen LogP contribution < -0.4 is 0 Å². The maximum absolute atomic E-state index is 11.3. The predicted molar refractivity (Wildman–Crippen MR) is 68.5 cm³/mol. The Kier molecular flexibility index (Phi) is 6.01. The van der Waals surface area contributed by atoms with Gasteiger partial charge in [-0.25, -0.2) is 4.79 Å². The van der Waals surface area contributed by atoms with E-state index in [1.165, 1.54) is 0 Å². The number of ether oxygens (including phenoxy) is 4. The van der Waals surface area contributed by atoms with Gasteiger partial charge in [0.25, 0.3) is 0 Å². The molecule has 20 heavy (non-hydrogen) atoms. The van der Waals surface area contributed by atoms with Gasteiger partial charge in [-0.2, -0.15) is 0 Å². The van der Waals surface area contributed by atoms with Crippen LogP contribution in [0.15, 0.2) is 12.3 Å². The first-order valence-electron chi connectivity index (χ1n) is 7.03. The fourth-order valence-corrected chi connectivity index (χ4v) is 1.78. The van der Waals surface area contributed by atoms with Crippen LogP contribution in [-0.4, -0.2) is 38.0 Å². The van der Waals surface area contributed by atoms with Gasteiger partial charge in [0.1, 0.15) is 12.9 Å². The summed E-state index contributed by atoms with van der Waals surface area (Å²) in [5.41, 5.74) is 0. The van der Waals surface area contributed by atoms with E-state index in [4.69, 9.17) is 18.9 Å². The summed E-state index contributed by atoms with van der Waals surface area (Å²) in [6, 6.07) is 0. The molecule has 0 spiro atoms. The molecule has 2 aliphatic rings. The number of carbonyl (C=O) groups excluding carboxylic acids is 2. The van der Waals surface area contributed by atoms with Crippen molar-refractivity contribution >= 4 is 11.9 Å². The number of esters is 2. The fourth-order valence-electron chi connectivity index (χ4n) is 1.78. The Balaban J connectivity index is 1.48. The van der Waals surface area contributed by atoms with Gasteiger partial charge in [-0.05, 0) is 32.1 Å². The van der Waals surface area contributed by atoms with Crippen molar-refractivity contribution in [3.63, 3.8) is 0 Å². The van der Waals surface area contributed by atoms with Crippen molar-refractivity contribution < 1.29 is 28.5 Å². The molecule has 0 aromatic heterocycles. The first-order valence-corrected chi connectivity index (χ1v) is 7.03. The number of hydrogen-bond donors (Lipinski definition) is 0. The highest BCUT2D eigenvalue weighted by atomic mass is 16.7. The first kappa shape index (κ1) is 15.0. The number of hydrogen-bond acceptors (Lipinski definition) is 6. The maximum atomic E-state index is 11.3. The van der Waals surface area contributed by atoms with E-state index in [0.29, 0.717) is 6.61 Å². The monoisotopic (exact) mass is 284 g/mol. The number of carbonyl (C=O) groups is 2. The minimum absolute atomic E-state index is 0.0135. The molecule has 1 heterocycles. The van der Waals surface area contributed by atoms with Crippen LogP contribution in [0.25, 0.3) is 0 Å². The van der Waals surface area contributed by atoms with Crippen molar-refractivity contribution in [2.75, 3.05) is 19.8 Å². The summed E-state index contributed by atoms with van der Waals surface area (Å²) in [7, 11) is 0. The molecule has 0 N–H and O–H groups in total. The Morgan fingerprint density at radius 1 is 1.15 bits per heavy atom. The third-order valence-corrected chi connectivity index (χ3v) is 3.07. The van der Waals surface area contributed by atoms with E-state index in [1.807, 2.05) is 0 Å². The molecule has 0 aromatic carbocycles. The van der Waals surface area contributed by atoms with Gasteiger partial charge in [-0.15, -0.1) is 0 Å². The molecule has 0 aromatic rings. The van der Waals surface area contributed by atoms with Crippen LogP contribution in [-0.2, 0) is 28.5 Å². The minimum Gasteiger partial charge on any atom is -0.460 e. The van der Waals surface area contributed by atoms with Gasteiger partial charge >= 0.3 is 11.9 Å². The van der Waals surface area contributed by atoms with Crippen LogP contribution >= 0.6 is 0 Å². The Bertz CT molecular complexity index is 355. The topological polar surface area (TPSA) is 71.1 Å². The second-order valence-electron chi connectivity index (χ2n) is 4.85. The first-order chi connectivity index (χ1) is 9.75. The lowest BCUT2D eigenvalue weighted by atomic mass is 10.2. The Labute approximate surface area is 118 Å². The maximum Gasteiger partial charge on any atom is 0.333 e. The van der Waals surface area contributed by atoms with E-state index in [9.17, 15) is 9.59 Å². The second-order valence-corrected chi connectivity index (χ2v) is 4.85. The minimum atomic E-state index is -0.554. The zero-order chi connectivity index (χ0) is 14.2. The van der Waals surface area contributed by atoms with Gasteiger partial charge in [0.2, 0.25) is 0 Å². The molecule has 1 saturated heterocycles. The smallest absolute Gasteiger partial charge is 0.333 e. The standard InChI is InChI=1S/C14H20O6/c15-12(6-8-20-14(16)11-4-5-11)17-9-10-19-13-3-1-2-7-18-13/h6,8,11,13H,1-5,7,9-10H2/b8-6-. The lowest BCUT2D eigenvalue weighted by molar-refractivity contribution is -0.172. The highest BCUT2D eigenvalue weighted by Crippen LogP contribution is 2.30. The molecular weight excluding hydrogens is 264 g/mol. The molecule has 2 rings (SSSR count). The fraction of sp³-hybridized carbons (Fsp3) is 0.714. The van der Waals surface area contributed by atoms with Gasteiger partial charge < -0.3 is 18.9 Å². The summed E-state index contributed by atoms with van der Waals surface area (Å²) in [5, 5.41) is 0. The quantitative estimate of drug-likeness (QED) is 0.306. The second kappa shape index (κ2) is 8.01. The summed E-state index contributed by atoms with van der Waals surface area (Å²) >= 11 is 0. The van der Waals surface area contributed by atoms with Crippen molar-refractivity contribution in [2.24, 2.45) is 5.92 Å². The van der Waals surface area contributed by atoms with E-state index in [1.54, 1.807) is 0 Å². The van der Waals surface area contributed by atoms with Crippen LogP contribution in [0.4, 0.5) is 0 Å². The van der Waals surface area contributed by atoms with Crippen LogP contribution in [0.1, 0.15) is 32.1 Å². The Hall–Kier alpha value is -1.40. The van der Waals surface area contributed by atoms with Crippen LogP contribution in [0.3, 0.4) is 0 Å². The third kappa shape index (κ3) is 5.71. The normalized spacial score (nSPS) is 22.7. The van der Waals surface area contributed by atoms with Gasteiger partial charge in [-0.3, -0.25) is 4.79 Å². The highest BCUT2D eigenvalue weighted by Gasteiger charge is 2.30. The molecule has 1 saturated carbocycles. The summed E-state index contributed by atoms with van der Waals surface area (Å²) in [5.74, 6) is -0.826. The van der Waals surface area contributed by atoms with Crippen LogP contribution in [0, 0.1) is 5.92 Å². The lowest BCUT2D eigenvalue weighted by Crippen LogP contribution is -2.24. The molecule has 6 heteroatoms. The Morgan fingerprint density at radius 3 is 2.70 bits per heavy atom. The van der Waals surface area contributed by atoms with E-state index in [-0.39, 0.29) is 24.8 Å². The summed E-state index contributed by atoms with van der Waals surface area (Å²) < 4.78 is 20.4. The molecule has 0 amide bonds. The molecule has 1 aliphatic heterocycles. The molecule has 1 unspecified atom stereocenters. The highest BCUT2D eigenvalue weighted by molar-refractivity contribution is 5.82. The molecule has 1 aliphatic carbocycles. The molecule has 0 radical (unpaired) electrons. The molecule has 6 nitrogen and oxygen atoms in total. The largest absolute Gasteiger partial charge is 0.460 e. The lowest BCUT2D eigenvalue weighted by Gasteiger charge is -2.22. The van der Waals surface area contributed by atoms with Gasteiger partial charge in [0.05, 0.1) is 18.6 Å². The summed E-state index contributed by atoms with van der Waals surface area (Å²) in [4.78, 5) is 22.4. The molecular formula is C14H20O6. The molecule has 2 fully saturated rings. The van der Waals surface area contributed by atoms with E-state index in [2.05, 4.69) is 0 Å².